The normalized spacial score (nSPS) is 22.0. The molecule has 0 unspecified atom stereocenters. The number of amides is 2. The van der Waals surface area contributed by atoms with Crippen molar-refractivity contribution in [3.63, 3.8) is 0 Å². The first-order valence-electron chi connectivity index (χ1n) is 7.80. The molecule has 2 fully saturated rings. The lowest BCUT2D eigenvalue weighted by atomic mass is 9.80. The minimum Gasteiger partial charge on any atom is -0.342 e. The molecule has 1 aliphatic carbocycles. The lowest BCUT2D eigenvalue weighted by Gasteiger charge is -2.38. The summed E-state index contributed by atoms with van der Waals surface area (Å²) in [6, 6.07) is 7.96. The quantitative estimate of drug-likeness (QED) is 0.862. The highest BCUT2D eigenvalue weighted by molar-refractivity contribution is 6.04. The Bertz CT molecular complexity index is 562. The number of nitrogens with one attached hydrogen (secondary N) is 1. The van der Waals surface area contributed by atoms with Crippen molar-refractivity contribution in [3.05, 3.63) is 29.8 Å². The maximum Gasteiger partial charge on any atom is 0.252 e. The first kappa shape index (κ1) is 14.1. The molecule has 2 amide bonds. The van der Waals surface area contributed by atoms with E-state index in [1.807, 2.05) is 31.2 Å². The van der Waals surface area contributed by atoms with E-state index in [1.165, 1.54) is 0 Å². The van der Waals surface area contributed by atoms with Gasteiger partial charge in [0, 0.05) is 18.7 Å². The van der Waals surface area contributed by atoms with Crippen molar-refractivity contribution in [2.45, 2.75) is 51.0 Å². The fraction of sp³-hybridized carbons (Fsp3) is 0.529. The SMILES string of the molecule is Cc1cccc(N2CCC(=O)NC3(CCCCC3)C2=O)c1. The van der Waals surface area contributed by atoms with Gasteiger partial charge in [0.15, 0.2) is 0 Å². The second-order valence-electron chi connectivity index (χ2n) is 6.24. The maximum absolute atomic E-state index is 13.1. The fourth-order valence-corrected chi connectivity index (χ4v) is 3.49. The molecule has 1 saturated carbocycles. The third-order valence-corrected chi connectivity index (χ3v) is 4.62. The van der Waals surface area contributed by atoms with Crippen LogP contribution >= 0.6 is 0 Å². The van der Waals surface area contributed by atoms with Crippen molar-refractivity contribution in [3.8, 4) is 0 Å². The highest BCUT2D eigenvalue weighted by Gasteiger charge is 2.45. The smallest absolute Gasteiger partial charge is 0.252 e. The van der Waals surface area contributed by atoms with Crippen LogP contribution in [0.3, 0.4) is 0 Å². The molecular formula is C17H22N2O2. The minimum atomic E-state index is -0.671. The zero-order valence-corrected chi connectivity index (χ0v) is 12.5. The predicted molar refractivity (Wildman–Crippen MR) is 82.1 cm³/mol. The molecule has 0 atom stereocenters. The Labute approximate surface area is 125 Å². The topological polar surface area (TPSA) is 49.4 Å². The Morgan fingerprint density at radius 3 is 2.62 bits per heavy atom. The molecule has 1 heterocycles. The van der Waals surface area contributed by atoms with E-state index in [4.69, 9.17) is 0 Å². The zero-order valence-electron chi connectivity index (χ0n) is 12.5. The van der Waals surface area contributed by atoms with Gasteiger partial charge in [0.05, 0.1) is 0 Å². The molecule has 1 aliphatic heterocycles. The summed E-state index contributed by atoms with van der Waals surface area (Å²) in [6.45, 7) is 2.49. The van der Waals surface area contributed by atoms with Crippen LogP contribution in [-0.2, 0) is 9.59 Å². The lowest BCUT2D eigenvalue weighted by molar-refractivity contribution is -0.131. The lowest BCUT2D eigenvalue weighted by Crippen LogP contribution is -2.58. The predicted octanol–water partition coefficient (Wildman–Crippen LogP) is 2.55. The standard InChI is InChI=1S/C17H22N2O2/c1-13-6-5-7-14(12-13)19-11-8-15(20)18-17(16(19)21)9-3-2-4-10-17/h5-7,12H,2-4,8-11H2,1H3,(H,18,20). The van der Waals surface area contributed by atoms with E-state index in [0.717, 1.165) is 43.4 Å². The van der Waals surface area contributed by atoms with E-state index in [1.54, 1.807) is 4.90 Å². The summed E-state index contributed by atoms with van der Waals surface area (Å²) in [5.74, 6) is 0.0686. The molecule has 112 valence electrons. The Kier molecular flexibility index (Phi) is 3.70. The van der Waals surface area contributed by atoms with Crippen LogP contribution in [-0.4, -0.2) is 23.9 Å². The van der Waals surface area contributed by atoms with Crippen molar-refractivity contribution in [1.29, 1.82) is 0 Å². The molecule has 1 aromatic carbocycles. The summed E-state index contributed by atoms with van der Waals surface area (Å²) >= 11 is 0. The molecule has 1 spiro atoms. The van der Waals surface area contributed by atoms with Gasteiger partial charge in [-0.1, -0.05) is 31.4 Å². The van der Waals surface area contributed by atoms with Crippen LogP contribution in [0, 0.1) is 6.92 Å². The number of aryl methyl sites for hydroxylation is 1. The molecule has 2 aliphatic rings. The van der Waals surface area contributed by atoms with E-state index in [0.29, 0.717) is 13.0 Å². The van der Waals surface area contributed by atoms with E-state index >= 15 is 0 Å². The molecule has 0 aromatic heterocycles. The van der Waals surface area contributed by atoms with Gasteiger partial charge in [-0.25, -0.2) is 0 Å². The first-order chi connectivity index (χ1) is 10.1. The van der Waals surface area contributed by atoms with Gasteiger partial charge in [0.2, 0.25) is 5.91 Å². The molecule has 4 heteroatoms. The van der Waals surface area contributed by atoms with Crippen LogP contribution in [0.4, 0.5) is 5.69 Å². The van der Waals surface area contributed by atoms with Gasteiger partial charge in [-0.15, -0.1) is 0 Å². The Morgan fingerprint density at radius 1 is 1.14 bits per heavy atom. The molecule has 0 radical (unpaired) electrons. The monoisotopic (exact) mass is 286 g/mol. The molecule has 1 N–H and O–H groups in total. The van der Waals surface area contributed by atoms with E-state index in [2.05, 4.69) is 5.32 Å². The zero-order chi connectivity index (χ0) is 14.9. The van der Waals surface area contributed by atoms with Crippen molar-refractivity contribution < 1.29 is 9.59 Å². The van der Waals surface area contributed by atoms with Crippen LogP contribution in [0.2, 0.25) is 0 Å². The Morgan fingerprint density at radius 2 is 1.90 bits per heavy atom. The third kappa shape index (κ3) is 2.67. The molecule has 1 saturated heterocycles. The highest BCUT2D eigenvalue weighted by atomic mass is 16.2. The summed E-state index contributed by atoms with van der Waals surface area (Å²) in [6.07, 6.45) is 5.07. The summed E-state index contributed by atoms with van der Waals surface area (Å²) in [5.41, 5.74) is 1.36. The van der Waals surface area contributed by atoms with Crippen LogP contribution in [0.25, 0.3) is 0 Å². The van der Waals surface area contributed by atoms with Crippen LogP contribution < -0.4 is 10.2 Å². The number of carbonyl (C=O) groups excluding carboxylic acids is 2. The number of anilines is 1. The Hall–Kier alpha value is -1.84. The number of hydrogen-bond donors (Lipinski definition) is 1. The van der Waals surface area contributed by atoms with Crippen molar-refractivity contribution in [2.75, 3.05) is 11.4 Å². The van der Waals surface area contributed by atoms with Gasteiger partial charge in [-0.2, -0.15) is 0 Å². The summed E-state index contributed by atoms with van der Waals surface area (Å²) in [5, 5.41) is 3.03. The van der Waals surface area contributed by atoms with E-state index in [-0.39, 0.29) is 11.8 Å². The molecular weight excluding hydrogens is 264 g/mol. The number of rotatable bonds is 1. The minimum absolute atomic E-state index is 0.000373. The molecule has 4 nitrogen and oxygen atoms in total. The number of nitrogens with zero attached hydrogens (tertiary/aromatic N) is 1. The Balaban J connectivity index is 1.96. The van der Waals surface area contributed by atoms with Crippen LogP contribution in [0.15, 0.2) is 24.3 Å². The van der Waals surface area contributed by atoms with Gasteiger partial charge in [0.1, 0.15) is 5.54 Å². The van der Waals surface area contributed by atoms with Crippen molar-refractivity contribution in [1.82, 2.24) is 5.32 Å². The van der Waals surface area contributed by atoms with Crippen molar-refractivity contribution in [2.24, 2.45) is 0 Å². The fourth-order valence-electron chi connectivity index (χ4n) is 3.49. The average Bonchev–Trinajstić information content (AvgIpc) is 2.58. The number of hydrogen-bond acceptors (Lipinski definition) is 2. The second kappa shape index (κ2) is 5.51. The average molecular weight is 286 g/mol. The third-order valence-electron chi connectivity index (χ3n) is 4.62. The summed E-state index contributed by atoms with van der Waals surface area (Å²) in [7, 11) is 0. The number of carbonyl (C=O) groups is 2. The van der Waals surface area contributed by atoms with Gasteiger partial charge < -0.3 is 10.2 Å². The highest BCUT2D eigenvalue weighted by Crippen LogP contribution is 2.33. The van der Waals surface area contributed by atoms with Crippen LogP contribution in [0.5, 0.6) is 0 Å². The largest absolute Gasteiger partial charge is 0.342 e. The molecule has 1 aromatic rings. The van der Waals surface area contributed by atoms with Gasteiger partial charge in [-0.05, 0) is 37.5 Å². The summed E-state index contributed by atoms with van der Waals surface area (Å²) < 4.78 is 0. The van der Waals surface area contributed by atoms with E-state index in [9.17, 15) is 9.59 Å². The second-order valence-corrected chi connectivity index (χ2v) is 6.24. The van der Waals surface area contributed by atoms with Gasteiger partial charge in [0.25, 0.3) is 5.91 Å². The van der Waals surface area contributed by atoms with Gasteiger partial charge in [-0.3, -0.25) is 9.59 Å². The molecule has 3 rings (SSSR count). The van der Waals surface area contributed by atoms with E-state index < -0.39 is 5.54 Å². The van der Waals surface area contributed by atoms with Crippen LogP contribution in [0.1, 0.15) is 44.1 Å². The van der Waals surface area contributed by atoms with Gasteiger partial charge >= 0.3 is 0 Å². The molecule has 0 bridgehead atoms. The molecule has 21 heavy (non-hydrogen) atoms. The maximum atomic E-state index is 13.1. The summed E-state index contributed by atoms with van der Waals surface area (Å²) in [4.78, 5) is 26.9. The number of benzene rings is 1. The van der Waals surface area contributed by atoms with Crippen molar-refractivity contribution >= 4 is 17.5 Å². The first-order valence-corrected chi connectivity index (χ1v) is 7.80.